The van der Waals surface area contributed by atoms with Crippen LogP contribution in [-0.4, -0.2) is 10.9 Å². The van der Waals surface area contributed by atoms with Gasteiger partial charge in [-0.05, 0) is 40.5 Å². The largest absolute Gasteiger partial charge is 0.347 e. The first-order chi connectivity index (χ1) is 8.65. The number of hydrogen-bond donors (Lipinski definition) is 1. The lowest BCUT2D eigenvalue weighted by Gasteiger charge is -2.05. The zero-order chi connectivity index (χ0) is 13.0. The first kappa shape index (κ1) is 12.8. The number of hydrogen-bond acceptors (Lipinski definition) is 2. The molecule has 3 nitrogen and oxygen atoms in total. The van der Waals surface area contributed by atoms with Crippen LogP contribution in [0.5, 0.6) is 0 Å². The van der Waals surface area contributed by atoms with Crippen LogP contribution >= 0.6 is 15.9 Å². The van der Waals surface area contributed by atoms with Crippen molar-refractivity contribution in [1.82, 2.24) is 10.3 Å². The maximum atomic E-state index is 11.8. The number of amides is 1. The average Bonchev–Trinajstić information content (AvgIpc) is 2.38. The molecule has 0 aliphatic carbocycles. The Morgan fingerprint density at radius 1 is 1.22 bits per heavy atom. The molecule has 0 bridgehead atoms. The third-order valence-electron chi connectivity index (χ3n) is 2.52. The van der Waals surface area contributed by atoms with Gasteiger partial charge in [-0.2, -0.15) is 0 Å². The molecule has 0 unspecified atom stereocenters. The summed E-state index contributed by atoms with van der Waals surface area (Å²) in [5, 5.41) is 2.84. The molecule has 1 amide bonds. The van der Waals surface area contributed by atoms with Gasteiger partial charge < -0.3 is 5.32 Å². The minimum absolute atomic E-state index is 0.170. The molecule has 0 radical (unpaired) electrons. The van der Waals surface area contributed by atoms with Gasteiger partial charge in [0.1, 0.15) is 10.3 Å². The van der Waals surface area contributed by atoms with E-state index in [0.29, 0.717) is 16.8 Å². The number of aryl methyl sites for hydroxylation is 1. The van der Waals surface area contributed by atoms with E-state index < -0.39 is 0 Å². The number of nitrogens with zero attached hydrogens (tertiary/aromatic N) is 1. The van der Waals surface area contributed by atoms with E-state index in [9.17, 15) is 4.79 Å². The Bertz CT molecular complexity index is 552. The van der Waals surface area contributed by atoms with Crippen molar-refractivity contribution in [3.8, 4) is 0 Å². The number of halogens is 1. The summed E-state index contributed by atoms with van der Waals surface area (Å²) in [5.74, 6) is -0.170. The molecule has 0 saturated heterocycles. The van der Waals surface area contributed by atoms with Gasteiger partial charge in [-0.3, -0.25) is 4.79 Å². The molecule has 18 heavy (non-hydrogen) atoms. The number of carbonyl (C=O) groups is 1. The predicted molar refractivity (Wildman–Crippen MR) is 74.3 cm³/mol. The van der Waals surface area contributed by atoms with Crippen molar-refractivity contribution in [3.05, 3.63) is 63.9 Å². The quantitative estimate of drug-likeness (QED) is 0.886. The number of pyridine rings is 1. The molecule has 92 valence electrons. The van der Waals surface area contributed by atoms with Gasteiger partial charge in [0.15, 0.2) is 0 Å². The molecule has 2 aromatic rings. The highest BCUT2D eigenvalue weighted by Crippen LogP contribution is 2.07. The topological polar surface area (TPSA) is 42.0 Å². The smallest absolute Gasteiger partial charge is 0.270 e. The van der Waals surface area contributed by atoms with Crippen molar-refractivity contribution in [2.75, 3.05) is 0 Å². The normalized spacial score (nSPS) is 10.1. The molecule has 4 heteroatoms. The van der Waals surface area contributed by atoms with Gasteiger partial charge in [0, 0.05) is 6.54 Å². The maximum absolute atomic E-state index is 11.8. The molecule has 0 fully saturated rings. The molecule has 0 aliphatic rings. The highest BCUT2D eigenvalue weighted by Gasteiger charge is 2.06. The lowest BCUT2D eigenvalue weighted by molar-refractivity contribution is 0.0946. The molecule has 1 aromatic heterocycles. The summed E-state index contributed by atoms with van der Waals surface area (Å²) in [6.45, 7) is 2.54. The van der Waals surface area contributed by atoms with E-state index in [1.807, 2.05) is 31.2 Å². The number of nitrogens with one attached hydrogen (secondary N) is 1. The van der Waals surface area contributed by atoms with Crippen molar-refractivity contribution < 1.29 is 4.79 Å². The third-order valence-corrected chi connectivity index (χ3v) is 2.96. The van der Waals surface area contributed by atoms with Gasteiger partial charge in [-0.15, -0.1) is 0 Å². The second kappa shape index (κ2) is 5.78. The number of carbonyl (C=O) groups excluding carboxylic acids is 1. The van der Waals surface area contributed by atoms with Crippen LogP contribution in [0.4, 0.5) is 0 Å². The van der Waals surface area contributed by atoms with E-state index in [2.05, 4.69) is 26.2 Å². The second-order valence-corrected chi connectivity index (χ2v) is 4.83. The van der Waals surface area contributed by atoms with Crippen LogP contribution in [0.15, 0.2) is 47.1 Å². The molecular formula is C14H13BrN2O. The van der Waals surface area contributed by atoms with Gasteiger partial charge in [-0.25, -0.2) is 4.98 Å². The van der Waals surface area contributed by atoms with Crippen LogP contribution in [-0.2, 0) is 6.54 Å². The fourth-order valence-electron chi connectivity index (χ4n) is 1.51. The Kier molecular flexibility index (Phi) is 4.10. The number of aromatic nitrogens is 1. The molecule has 2 rings (SSSR count). The highest BCUT2D eigenvalue weighted by atomic mass is 79.9. The zero-order valence-corrected chi connectivity index (χ0v) is 11.6. The zero-order valence-electron chi connectivity index (χ0n) is 9.98. The van der Waals surface area contributed by atoms with Crippen molar-refractivity contribution >= 4 is 21.8 Å². The van der Waals surface area contributed by atoms with Crippen LogP contribution < -0.4 is 5.32 Å². The summed E-state index contributed by atoms with van der Waals surface area (Å²) < 4.78 is 0.658. The summed E-state index contributed by atoms with van der Waals surface area (Å²) in [4.78, 5) is 15.9. The van der Waals surface area contributed by atoms with Crippen LogP contribution in [0.1, 0.15) is 21.6 Å². The Hall–Kier alpha value is -1.68. The number of benzene rings is 1. The first-order valence-corrected chi connectivity index (χ1v) is 6.41. The molecular weight excluding hydrogens is 292 g/mol. The summed E-state index contributed by atoms with van der Waals surface area (Å²) in [5.41, 5.74) is 2.69. The predicted octanol–water partition coefficient (Wildman–Crippen LogP) is 3.08. The summed E-state index contributed by atoms with van der Waals surface area (Å²) in [7, 11) is 0. The Balaban J connectivity index is 1.98. The molecule has 1 heterocycles. The van der Waals surface area contributed by atoms with E-state index in [0.717, 1.165) is 5.56 Å². The first-order valence-electron chi connectivity index (χ1n) is 5.61. The van der Waals surface area contributed by atoms with Crippen LogP contribution in [0.25, 0.3) is 0 Å². The van der Waals surface area contributed by atoms with Gasteiger partial charge in [0.05, 0.1) is 0 Å². The Morgan fingerprint density at radius 2 is 1.94 bits per heavy atom. The monoisotopic (exact) mass is 304 g/mol. The molecule has 0 saturated carbocycles. The lowest BCUT2D eigenvalue weighted by Crippen LogP contribution is -2.23. The Morgan fingerprint density at radius 3 is 2.61 bits per heavy atom. The summed E-state index contributed by atoms with van der Waals surface area (Å²) in [6, 6.07) is 13.3. The van der Waals surface area contributed by atoms with Crippen molar-refractivity contribution in [1.29, 1.82) is 0 Å². The lowest BCUT2D eigenvalue weighted by atomic mass is 10.1. The van der Waals surface area contributed by atoms with E-state index >= 15 is 0 Å². The van der Waals surface area contributed by atoms with E-state index in [4.69, 9.17) is 0 Å². The van der Waals surface area contributed by atoms with E-state index in [-0.39, 0.29) is 5.91 Å². The minimum Gasteiger partial charge on any atom is -0.347 e. The van der Waals surface area contributed by atoms with Gasteiger partial charge in [0.2, 0.25) is 0 Å². The van der Waals surface area contributed by atoms with E-state index in [1.54, 1.807) is 18.2 Å². The van der Waals surface area contributed by atoms with E-state index in [1.165, 1.54) is 5.56 Å². The average molecular weight is 305 g/mol. The van der Waals surface area contributed by atoms with Crippen molar-refractivity contribution in [3.63, 3.8) is 0 Å². The SMILES string of the molecule is Cc1ccc(CNC(=O)c2cccc(Br)n2)cc1. The maximum Gasteiger partial charge on any atom is 0.270 e. The van der Waals surface area contributed by atoms with Crippen LogP contribution in [0.3, 0.4) is 0 Å². The van der Waals surface area contributed by atoms with Crippen LogP contribution in [0, 0.1) is 6.92 Å². The summed E-state index contributed by atoms with van der Waals surface area (Å²) in [6.07, 6.45) is 0. The minimum atomic E-state index is -0.170. The third kappa shape index (κ3) is 3.40. The fourth-order valence-corrected chi connectivity index (χ4v) is 1.86. The molecule has 0 aliphatic heterocycles. The molecule has 1 N–H and O–H groups in total. The van der Waals surface area contributed by atoms with Gasteiger partial charge >= 0.3 is 0 Å². The highest BCUT2D eigenvalue weighted by molar-refractivity contribution is 9.10. The standard InChI is InChI=1S/C14H13BrN2O/c1-10-5-7-11(8-6-10)9-16-14(18)12-3-2-4-13(15)17-12/h2-8H,9H2,1H3,(H,16,18). The van der Waals surface area contributed by atoms with Crippen molar-refractivity contribution in [2.45, 2.75) is 13.5 Å². The van der Waals surface area contributed by atoms with Gasteiger partial charge in [-0.1, -0.05) is 35.9 Å². The molecule has 0 atom stereocenters. The van der Waals surface area contributed by atoms with Gasteiger partial charge in [0.25, 0.3) is 5.91 Å². The second-order valence-electron chi connectivity index (χ2n) is 4.01. The fraction of sp³-hybridized carbons (Fsp3) is 0.143. The van der Waals surface area contributed by atoms with Crippen molar-refractivity contribution in [2.24, 2.45) is 0 Å². The number of rotatable bonds is 3. The molecule has 0 spiro atoms. The molecule has 1 aromatic carbocycles. The Labute approximate surface area is 114 Å². The summed E-state index contributed by atoms with van der Waals surface area (Å²) >= 11 is 3.24. The van der Waals surface area contributed by atoms with Crippen LogP contribution in [0.2, 0.25) is 0 Å².